The third-order valence-electron chi connectivity index (χ3n) is 2.88. The van der Waals surface area contributed by atoms with Crippen LogP contribution < -0.4 is 0 Å². The highest BCUT2D eigenvalue weighted by Crippen LogP contribution is 2.24. The van der Waals surface area contributed by atoms with E-state index in [4.69, 9.17) is 5.11 Å². The molecule has 0 radical (unpaired) electrons. The van der Waals surface area contributed by atoms with E-state index in [0.29, 0.717) is 5.56 Å². The van der Waals surface area contributed by atoms with E-state index in [1.165, 1.54) is 4.88 Å². The summed E-state index contributed by atoms with van der Waals surface area (Å²) in [7, 11) is 0. The summed E-state index contributed by atoms with van der Waals surface area (Å²) in [6.07, 6.45) is 0.970. The summed E-state index contributed by atoms with van der Waals surface area (Å²) in [6, 6.07) is 5.59. The monoisotopic (exact) mass is 293 g/mol. The minimum absolute atomic E-state index is 0.388. The predicted molar refractivity (Wildman–Crippen MR) is 79.4 cm³/mol. The Balaban J connectivity index is 1.98. The minimum Gasteiger partial charge on any atom is -0.478 e. The van der Waals surface area contributed by atoms with Crippen molar-refractivity contribution in [3.8, 4) is 0 Å². The Morgan fingerprint density at radius 2 is 2.21 bits per heavy atom. The molecule has 1 aromatic heterocycles. The Morgan fingerprint density at radius 3 is 2.84 bits per heavy atom. The third kappa shape index (κ3) is 3.58. The summed E-state index contributed by atoms with van der Waals surface area (Å²) >= 11 is 3.36. The number of benzene rings is 1. The molecule has 0 aliphatic carbocycles. The van der Waals surface area contributed by atoms with Gasteiger partial charge in [0.2, 0.25) is 0 Å². The Bertz CT molecular complexity index is 593. The Kier molecular flexibility index (Phi) is 4.61. The SMILES string of the molecule is Cc1ccc(SCCc2scnc2C)cc1C(=O)O. The molecule has 0 atom stereocenters. The number of hydrogen-bond acceptors (Lipinski definition) is 4. The number of nitrogens with zero attached hydrogens (tertiary/aromatic N) is 1. The maximum absolute atomic E-state index is 11.1. The van der Waals surface area contributed by atoms with Crippen molar-refractivity contribution < 1.29 is 9.90 Å². The predicted octanol–water partition coefficient (Wildman–Crippen LogP) is 3.79. The van der Waals surface area contributed by atoms with Gasteiger partial charge in [0.05, 0.1) is 16.8 Å². The van der Waals surface area contributed by atoms with Gasteiger partial charge in [-0.25, -0.2) is 9.78 Å². The molecule has 0 aliphatic heterocycles. The van der Waals surface area contributed by atoms with Gasteiger partial charge in [0, 0.05) is 15.5 Å². The first-order valence-electron chi connectivity index (χ1n) is 5.93. The van der Waals surface area contributed by atoms with Gasteiger partial charge in [0.1, 0.15) is 0 Å². The summed E-state index contributed by atoms with van der Waals surface area (Å²) in [5.41, 5.74) is 4.15. The number of thiazole rings is 1. The summed E-state index contributed by atoms with van der Waals surface area (Å²) in [4.78, 5) is 17.6. The molecule has 3 nitrogen and oxygen atoms in total. The van der Waals surface area contributed by atoms with E-state index in [2.05, 4.69) is 4.98 Å². The number of carboxylic acids is 1. The van der Waals surface area contributed by atoms with E-state index in [-0.39, 0.29) is 0 Å². The first-order valence-corrected chi connectivity index (χ1v) is 7.80. The van der Waals surface area contributed by atoms with Gasteiger partial charge >= 0.3 is 5.97 Å². The van der Waals surface area contributed by atoms with Gasteiger partial charge in [-0.05, 0) is 38.0 Å². The smallest absolute Gasteiger partial charge is 0.335 e. The summed E-state index contributed by atoms with van der Waals surface area (Å²) in [6.45, 7) is 3.84. The van der Waals surface area contributed by atoms with Crippen molar-refractivity contribution in [1.29, 1.82) is 0 Å². The van der Waals surface area contributed by atoms with E-state index in [0.717, 1.165) is 28.3 Å². The van der Waals surface area contributed by atoms with Crippen LogP contribution in [0.3, 0.4) is 0 Å². The van der Waals surface area contributed by atoms with E-state index in [9.17, 15) is 4.79 Å². The van der Waals surface area contributed by atoms with Gasteiger partial charge in [-0.2, -0.15) is 0 Å². The summed E-state index contributed by atoms with van der Waals surface area (Å²) in [5, 5.41) is 9.09. The molecule has 0 spiro atoms. The maximum Gasteiger partial charge on any atom is 0.335 e. The van der Waals surface area contributed by atoms with Crippen molar-refractivity contribution in [2.75, 3.05) is 5.75 Å². The van der Waals surface area contributed by atoms with E-state index < -0.39 is 5.97 Å². The topological polar surface area (TPSA) is 50.2 Å². The molecule has 1 N–H and O–H groups in total. The Labute approximate surface area is 120 Å². The molecule has 0 unspecified atom stereocenters. The molecule has 5 heteroatoms. The van der Waals surface area contributed by atoms with Gasteiger partial charge in [0.25, 0.3) is 0 Å². The van der Waals surface area contributed by atoms with Gasteiger partial charge < -0.3 is 5.11 Å². The van der Waals surface area contributed by atoms with Crippen LogP contribution in [0.25, 0.3) is 0 Å². The first-order chi connectivity index (χ1) is 9.08. The van der Waals surface area contributed by atoms with Crippen molar-refractivity contribution >= 4 is 29.1 Å². The molecule has 0 amide bonds. The van der Waals surface area contributed by atoms with E-state index in [1.54, 1.807) is 29.2 Å². The number of aryl methyl sites for hydroxylation is 3. The highest BCUT2D eigenvalue weighted by molar-refractivity contribution is 7.99. The number of thioether (sulfide) groups is 1. The highest BCUT2D eigenvalue weighted by Gasteiger charge is 2.08. The maximum atomic E-state index is 11.1. The van der Waals surface area contributed by atoms with Crippen molar-refractivity contribution in [2.45, 2.75) is 25.2 Å². The summed E-state index contributed by atoms with van der Waals surface area (Å²) in [5.74, 6) is 0.0729. The van der Waals surface area contributed by atoms with Crippen LogP contribution in [-0.2, 0) is 6.42 Å². The Morgan fingerprint density at radius 1 is 1.42 bits per heavy atom. The van der Waals surface area contributed by atoms with Crippen LogP contribution in [0.15, 0.2) is 28.6 Å². The lowest BCUT2D eigenvalue weighted by molar-refractivity contribution is 0.0696. The third-order valence-corrected chi connectivity index (χ3v) is 4.87. The molecule has 19 heavy (non-hydrogen) atoms. The molecule has 1 heterocycles. The van der Waals surface area contributed by atoms with Gasteiger partial charge in [-0.3, -0.25) is 0 Å². The van der Waals surface area contributed by atoms with Crippen LogP contribution in [0, 0.1) is 13.8 Å². The van der Waals surface area contributed by atoms with Crippen LogP contribution in [-0.4, -0.2) is 21.8 Å². The largest absolute Gasteiger partial charge is 0.478 e. The molecular weight excluding hydrogens is 278 g/mol. The molecule has 0 saturated heterocycles. The van der Waals surface area contributed by atoms with Gasteiger partial charge in [-0.15, -0.1) is 23.1 Å². The second kappa shape index (κ2) is 6.21. The zero-order valence-corrected chi connectivity index (χ0v) is 12.5. The highest BCUT2D eigenvalue weighted by atomic mass is 32.2. The molecule has 0 aliphatic rings. The van der Waals surface area contributed by atoms with Gasteiger partial charge in [0.15, 0.2) is 0 Å². The van der Waals surface area contributed by atoms with Crippen LogP contribution in [0.1, 0.15) is 26.5 Å². The van der Waals surface area contributed by atoms with E-state index in [1.807, 2.05) is 31.5 Å². The van der Waals surface area contributed by atoms with Crippen LogP contribution in [0.2, 0.25) is 0 Å². The number of aromatic carboxylic acids is 1. The van der Waals surface area contributed by atoms with Crippen molar-refractivity contribution in [2.24, 2.45) is 0 Å². The zero-order chi connectivity index (χ0) is 13.8. The van der Waals surface area contributed by atoms with Crippen molar-refractivity contribution in [3.63, 3.8) is 0 Å². The van der Waals surface area contributed by atoms with E-state index >= 15 is 0 Å². The first kappa shape index (κ1) is 14.1. The normalized spacial score (nSPS) is 10.6. The Hall–Kier alpha value is -1.33. The number of hydrogen-bond donors (Lipinski definition) is 1. The lowest BCUT2D eigenvalue weighted by Crippen LogP contribution is -1.99. The van der Waals surface area contributed by atoms with Crippen molar-refractivity contribution in [3.05, 3.63) is 45.4 Å². The average Bonchev–Trinajstić information content (AvgIpc) is 2.77. The standard InChI is InChI=1S/C14H15NO2S2/c1-9-3-4-11(7-12(9)14(16)17)18-6-5-13-10(2)15-8-19-13/h3-4,7-8H,5-6H2,1-2H3,(H,16,17). The number of rotatable bonds is 5. The summed E-state index contributed by atoms with van der Waals surface area (Å²) < 4.78 is 0. The molecule has 2 rings (SSSR count). The van der Waals surface area contributed by atoms with Gasteiger partial charge in [-0.1, -0.05) is 6.07 Å². The second-order valence-electron chi connectivity index (χ2n) is 4.24. The fourth-order valence-corrected chi connectivity index (χ4v) is 3.57. The van der Waals surface area contributed by atoms with Crippen LogP contribution >= 0.6 is 23.1 Å². The van der Waals surface area contributed by atoms with Crippen molar-refractivity contribution in [1.82, 2.24) is 4.98 Å². The fourth-order valence-electron chi connectivity index (χ4n) is 1.75. The molecule has 0 bridgehead atoms. The fraction of sp³-hybridized carbons (Fsp3) is 0.286. The molecule has 2 aromatic rings. The lowest BCUT2D eigenvalue weighted by atomic mass is 10.1. The molecule has 0 saturated carbocycles. The number of carboxylic acid groups (broad SMARTS) is 1. The van der Waals surface area contributed by atoms with Crippen LogP contribution in [0.5, 0.6) is 0 Å². The molecule has 100 valence electrons. The molecule has 0 fully saturated rings. The number of carbonyl (C=O) groups is 1. The minimum atomic E-state index is -0.863. The lowest BCUT2D eigenvalue weighted by Gasteiger charge is -2.05. The molecule has 1 aromatic carbocycles. The zero-order valence-electron chi connectivity index (χ0n) is 10.8. The quantitative estimate of drug-likeness (QED) is 0.852. The second-order valence-corrected chi connectivity index (χ2v) is 6.35. The van der Waals surface area contributed by atoms with Crippen LogP contribution in [0.4, 0.5) is 0 Å². The average molecular weight is 293 g/mol. The molecular formula is C14H15NO2S2. The number of aromatic nitrogens is 1.